The minimum absolute atomic E-state index is 0.115. The zero-order valence-corrected chi connectivity index (χ0v) is 28.4. The van der Waals surface area contributed by atoms with Gasteiger partial charge in [0.05, 0.1) is 28.5 Å². The molecule has 0 fully saturated rings. The number of carbonyl (C=O) groups is 1. The second-order valence-electron chi connectivity index (χ2n) is 11.1. The number of para-hydroxylation sites is 1. The molecule has 46 heavy (non-hydrogen) atoms. The summed E-state index contributed by atoms with van der Waals surface area (Å²) in [6.07, 6.45) is 1.76. The van der Waals surface area contributed by atoms with Gasteiger partial charge in [0.2, 0.25) is 0 Å². The Bertz CT molecular complexity index is 2150. The third-order valence-corrected chi connectivity index (χ3v) is 9.12. The quantitative estimate of drug-likeness (QED) is 0.154. The standard InChI is InChI=1S/C37H33BrN2O5S/c1-5-43-36(42)33-23(4)39-37-40(34(33)28-12-8-9-13-31(28)45-22(2)3)35(41)32(46-37)20-29-27-11-7-6-10-25(27)16-19-30(29)44-21-24-14-17-26(38)18-15-24/h6-20,22,34H,5,21H2,1-4H3/b32-20-/t34-/m0/s1. The minimum Gasteiger partial charge on any atom is -0.491 e. The van der Waals surface area contributed by atoms with Crippen LogP contribution in [0.25, 0.3) is 16.8 Å². The molecule has 0 N–H and O–H groups in total. The molecule has 0 saturated heterocycles. The van der Waals surface area contributed by atoms with Crippen molar-refractivity contribution in [1.29, 1.82) is 0 Å². The van der Waals surface area contributed by atoms with Gasteiger partial charge in [-0.2, -0.15) is 0 Å². The molecular formula is C37H33BrN2O5S. The predicted molar refractivity (Wildman–Crippen MR) is 185 cm³/mol. The molecule has 1 aliphatic heterocycles. The molecule has 0 unspecified atom stereocenters. The van der Waals surface area contributed by atoms with Crippen molar-refractivity contribution in [2.45, 2.75) is 46.4 Å². The Hall–Kier alpha value is -4.47. The first kappa shape index (κ1) is 31.5. The van der Waals surface area contributed by atoms with Crippen molar-refractivity contribution < 1.29 is 19.0 Å². The van der Waals surface area contributed by atoms with E-state index in [4.69, 9.17) is 19.2 Å². The fraction of sp³-hybridized carbons (Fsp3) is 0.216. The number of benzene rings is 4. The first-order valence-corrected chi connectivity index (χ1v) is 16.7. The van der Waals surface area contributed by atoms with Crippen LogP contribution in [0.15, 0.2) is 110 Å². The summed E-state index contributed by atoms with van der Waals surface area (Å²) < 4.78 is 21.1. The molecule has 2 heterocycles. The van der Waals surface area contributed by atoms with E-state index in [0.717, 1.165) is 26.4 Å². The number of halogens is 1. The molecule has 9 heteroatoms. The Morgan fingerprint density at radius 1 is 1.00 bits per heavy atom. The topological polar surface area (TPSA) is 79.1 Å². The summed E-state index contributed by atoms with van der Waals surface area (Å²) in [4.78, 5) is 33.1. The summed E-state index contributed by atoms with van der Waals surface area (Å²) in [6, 6.07) is 26.7. The van der Waals surface area contributed by atoms with Crippen LogP contribution in [0.1, 0.15) is 50.4 Å². The third kappa shape index (κ3) is 6.30. The van der Waals surface area contributed by atoms with Crippen LogP contribution in [0.3, 0.4) is 0 Å². The minimum atomic E-state index is -0.784. The normalized spacial score (nSPS) is 14.7. The number of allylic oxidation sites excluding steroid dienone is 1. The van der Waals surface area contributed by atoms with Crippen molar-refractivity contribution in [1.82, 2.24) is 4.57 Å². The highest BCUT2D eigenvalue weighted by Crippen LogP contribution is 2.36. The van der Waals surface area contributed by atoms with E-state index in [1.165, 1.54) is 11.3 Å². The van der Waals surface area contributed by atoms with Crippen LogP contribution < -0.4 is 24.4 Å². The Morgan fingerprint density at radius 3 is 2.50 bits per heavy atom. The van der Waals surface area contributed by atoms with E-state index in [1.54, 1.807) is 18.4 Å². The van der Waals surface area contributed by atoms with Crippen LogP contribution >= 0.6 is 27.3 Å². The van der Waals surface area contributed by atoms with Crippen molar-refractivity contribution in [3.63, 3.8) is 0 Å². The van der Waals surface area contributed by atoms with Gasteiger partial charge in [0.15, 0.2) is 4.80 Å². The van der Waals surface area contributed by atoms with E-state index in [1.807, 2.05) is 105 Å². The molecule has 5 aromatic rings. The van der Waals surface area contributed by atoms with Crippen molar-refractivity contribution in [3.8, 4) is 11.5 Å². The Balaban J connectivity index is 1.54. The maximum Gasteiger partial charge on any atom is 0.338 e. The zero-order valence-electron chi connectivity index (χ0n) is 26.0. The third-order valence-electron chi connectivity index (χ3n) is 7.61. The number of nitrogens with zero attached hydrogens (tertiary/aromatic N) is 2. The van der Waals surface area contributed by atoms with E-state index >= 15 is 0 Å². The smallest absolute Gasteiger partial charge is 0.338 e. The lowest BCUT2D eigenvalue weighted by molar-refractivity contribution is -0.139. The van der Waals surface area contributed by atoms with E-state index < -0.39 is 12.0 Å². The summed E-state index contributed by atoms with van der Waals surface area (Å²) in [5.74, 6) is 0.731. The lowest BCUT2D eigenvalue weighted by Gasteiger charge is -2.26. The van der Waals surface area contributed by atoms with Gasteiger partial charge in [-0.1, -0.05) is 87.9 Å². The fourth-order valence-electron chi connectivity index (χ4n) is 5.58. The molecular weight excluding hydrogens is 664 g/mol. The van der Waals surface area contributed by atoms with Crippen molar-refractivity contribution in [3.05, 3.63) is 137 Å². The highest BCUT2D eigenvalue weighted by molar-refractivity contribution is 9.10. The summed E-state index contributed by atoms with van der Waals surface area (Å²) in [5.41, 5.74) is 3.04. The number of aromatic nitrogens is 1. The SMILES string of the molecule is CCOC(=O)C1=C(C)N=c2s/c(=C\c3c(OCc4ccc(Br)cc4)ccc4ccccc34)c(=O)n2[C@H]1c1ccccc1OC(C)C. The summed E-state index contributed by atoms with van der Waals surface area (Å²) >= 11 is 4.76. The largest absolute Gasteiger partial charge is 0.491 e. The van der Waals surface area contributed by atoms with Crippen LogP contribution in [0.2, 0.25) is 0 Å². The zero-order chi connectivity index (χ0) is 32.4. The van der Waals surface area contributed by atoms with Gasteiger partial charge >= 0.3 is 5.97 Å². The first-order chi connectivity index (χ1) is 22.2. The molecule has 4 aromatic carbocycles. The van der Waals surface area contributed by atoms with Gasteiger partial charge in [0.1, 0.15) is 24.1 Å². The van der Waals surface area contributed by atoms with Crippen LogP contribution in [0, 0.1) is 0 Å². The molecule has 0 radical (unpaired) electrons. The van der Waals surface area contributed by atoms with Gasteiger partial charge in [0, 0.05) is 15.6 Å². The van der Waals surface area contributed by atoms with Crippen LogP contribution in [-0.2, 0) is 16.1 Å². The number of ether oxygens (including phenoxy) is 3. The number of rotatable bonds is 9. The maximum atomic E-state index is 14.4. The molecule has 1 atom stereocenters. The molecule has 0 bridgehead atoms. The number of esters is 1. The number of hydrogen-bond acceptors (Lipinski definition) is 7. The predicted octanol–water partition coefficient (Wildman–Crippen LogP) is 7.08. The summed E-state index contributed by atoms with van der Waals surface area (Å²) in [5, 5.41) is 1.98. The molecule has 0 spiro atoms. The average molecular weight is 698 g/mol. The summed E-state index contributed by atoms with van der Waals surface area (Å²) in [7, 11) is 0. The second-order valence-corrected chi connectivity index (χ2v) is 13.0. The van der Waals surface area contributed by atoms with Gasteiger partial charge in [-0.3, -0.25) is 9.36 Å². The van der Waals surface area contributed by atoms with Crippen molar-refractivity contribution >= 4 is 50.1 Å². The van der Waals surface area contributed by atoms with Gasteiger partial charge in [0.25, 0.3) is 5.56 Å². The highest BCUT2D eigenvalue weighted by Gasteiger charge is 2.35. The van der Waals surface area contributed by atoms with E-state index in [2.05, 4.69) is 15.9 Å². The van der Waals surface area contributed by atoms with Crippen molar-refractivity contribution in [2.75, 3.05) is 6.61 Å². The maximum absolute atomic E-state index is 14.4. The lowest BCUT2D eigenvalue weighted by atomic mass is 9.95. The first-order valence-electron chi connectivity index (χ1n) is 15.1. The number of hydrogen-bond donors (Lipinski definition) is 0. The fourth-order valence-corrected chi connectivity index (χ4v) is 6.87. The molecule has 6 rings (SSSR count). The number of fused-ring (bicyclic) bond motifs is 2. The van der Waals surface area contributed by atoms with E-state index in [-0.39, 0.29) is 18.3 Å². The molecule has 0 saturated carbocycles. The Kier molecular flexibility index (Phi) is 9.24. The Labute approximate surface area is 279 Å². The molecule has 0 aliphatic carbocycles. The van der Waals surface area contributed by atoms with Crippen LogP contribution in [0.5, 0.6) is 11.5 Å². The molecule has 234 valence electrons. The number of thiazole rings is 1. The van der Waals surface area contributed by atoms with E-state index in [0.29, 0.717) is 44.3 Å². The van der Waals surface area contributed by atoms with Gasteiger partial charge < -0.3 is 14.2 Å². The average Bonchev–Trinajstić information content (AvgIpc) is 3.34. The van der Waals surface area contributed by atoms with Crippen molar-refractivity contribution in [2.24, 2.45) is 4.99 Å². The van der Waals surface area contributed by atoms with Gasteiger partial charge in [-0.15, -0.1) is 0 Å². The van der Waals surface area contributed by atoms with Gasteiger partial charge in [-0.25, -0.2) is 9.79 Å². The van der Waals surface area contributed by atoms with Crippen LogP contribution in [-0.4, -0.2) is 23.2 Å². The Morgan fingerprint density at radius 2 is 1.74 bits per heavy atom. The molecule has 1 aliphatic rings. The van der Waals surface area contributed by atoms with E-state index in [9.17, 15) is 9.59 Å². The molecule has 1 aromatic heterocycles. The van der Waals surface area contributed by atoms with Gasteiger partial charge in [-0.05, 0) is 74.4 Å². The lowest BCUT2D eigenvalue weighted by Crippen LogP contribution is -2.40. The number of carbonyl (C=O) groups excluding carboxylic acids is 1. The monoisotopic (exact) mass is 696 g/mol. The summed E-state index contributed by atoms with van der Waals surface area (Å²) in [6.45, 7) is 7.98. The second kappa shape index (κ2) is 13.5. The molecule has 7 nitrogen and oxygen atoms in total. The molecule has 0 amide bonds. The highest BCUT2D eigenvalue weighted by atomic mass is 79.9. The van der Waals surface area contributed by atoms with Crippen LogP contribution in [0.4, 0.5) is 0 Å².